The molecule has 4 heteroatoms. The smallest absolute Gasteiger partial charge is 0.325 e. The number of rotatable bonds is 7. The SMILES string of the molecule is C=CC[C@@H]1[C@@H](c2ccccc2)N(c2ccc(OC)cc2)C(=O)N1Cc1ccccc1. The largest absolute Gasteiger partial charge is 0.497 e. The van der Waals surface area contributed by atoms with Crippen LogP contribution in [0.5, 0.6) is 5.75 Å². The lowest BCUT2D eigenvalue weighted by Gasteiger charge is -2.28. The normalized spacial score (nSPS) is 18.5. The van der Waals surface area contributed by atoms with E-state index in [-0.39, 0.29) is 18.1 Å². The molecule has 1 aliphatic heterocycles. The summed E-state index contributed by atoms with van der Waals surface area (Å²) in [7, 11) is 1.64. The predicted octanol–water partition coefficient (Wildman–Crippen LogP) is 5.82. The first kappa shape index (κ1) is 19.8. The van der Waals surface area contributed by atoms with Crippen molar-refractivity contribution in [2.45, 2.75) is 25.0 Å². The Morgan fingerprint density at radius 1 is 0.933 bits per heavy atom. The van der Waals surface area contributed by atoms with Crippen LogP contribution in [0, 0.1) is 0 Å². The summed E-state index contributed by atoms with van der Waals surface area (Å²) in [4.78, 5) is 17.6. The Bertz CT molecular complexity index is 987. The van der Waals surface area contributed by atoms with Crippen molar-refractivity contribution in [3.63, 3.8) is 0 Å². The fourth-order valence-corrected chi connectivity index (χ4v) is 4.17. The molecule has 1 saturated heterocycles. The minimum atomic E-state index is -0.103. The van der Waals surface area contributed by atoms with Crippen LogP contribution in [0.2, 0.25) is 0 Å². The molecular formula is C26H26N2O2. The zero-order valence-corrected chi connectivity index (χ0v) is 17.1. The lowest BCUT2D eigenvalue weighted by Crippen LogP contribution is -2.34. The second-order valence-electron chi connectivity index (χ2n) is 7.41. The Labute approximate surface area is 178 Å². The molecule has 30 heavy (non-hydrogen) atoms. The summed E-state index contributed by atoms with van der Waals surface area (Å²) in [6, 6.07) is 27.9. The average Bonchev–Trinajstić information content (AvgIpc) is 3.07. The van der Waals surface area contributed by atoms with E-state index in [0.29, 0.717) is 13.0 Å². The number of hydrogen-bond donors (Lipinski definition) is 0. The van der Waals surface area contributed by atoms with Crippen molar-refractivity contribution in [3.05, 3.63) is 109 Å². The quantitative estimate of drug-likeness (QED) is 0.470. The first-order valence-electron chi connectivity index (χ1n) is 10.2. The third-order valence-electron chi connectivity index (χ3n) is 5.59. The minimum absolute atomic E-state index is 0.00437. The standard InChI is InChI=1S/C26H26N2O2/c1-3-10-24-25(21-13-8-5-9-14-21)28(22-15-17-23(30-2)18-16-22)26(29)27(24)19-20-11-6-4-7-12-20/h3-9,11-18,24-25H,1,10,19H2,2H3/t24-,25-/m1/s1. The Morgan fingerprint density at radius 2 is 1.57 bits per heavy atom. The highest BCUT2D eigenvalue weighted by Crippen LogP contribution is 2.41. The summed E-state index contributed by atoms with van der Waals surface area (Å²) >= 11 is 0. The van der Waals surface area contributed by atoms with Crippen molar-refractivity contribution in [1.82, 2.24) is 4.90 Å². The van der Waals surface area contributed by atoms with Crippen LogP contribution in [0.3, 0.4) is 0 Å². The Hall–Kier alpha value is -3.53. The van der Waals surface area contributed by atoms with Gasteiger partial charge in [-0.3, -0.25) is 4.90 Å². The molecule has 0 radical (unpaired) electrons. The van der Waals surface area contributed by atoms with E-state index in [2.05, 4.69) is 30.8 Å². The number of methoxy groups -OCH3 is 1. The van der Waals surface area contributed by atoms with Crippen molar-refractivity contribution in [3.8, 4) is 5.75 Å². The summed E-state index contributed by atoms with van der Waals surface area (Å²) in [5.41, 5.74) is 3.09. The zero-order chi connectivity index (χ0) is 20.9. The predicted molar refractivity (Wildman–Crippen MR) is 121 cm³/mol. The lowest BCUT2D eigenvalue weighted by atomic mass is 9.96. The average molecular weight is 399 g/mol. The van der Waals surface area contributed by atoms with Gasteiger partial charge in [-0.2, -0.15) is 0 Å². The third kappa shape index (κ3) is 3.81. The van der Waals surface area contributed by atoms with Gasteiger partial charge in [-0.05, 0) is 41.8 Å². The highest BCUT2D eigenvalue weighted by molar-refractivity contribution is 5.96. The molecule has 152 valence electrons. The van der Waals surface area contributed by atoms with Crippen molar-refractivity contribution >= 4 is 11.7 Å². The number of carbonyl (C=O) groups excluding carboxylic acids is 1. The molecule has 0 unspecified atom stereocenters. The molecule has 1 heterocycles. The van der Waals surface area contributed by atoms with E-state index in [1.165, 1.54) is 0 Å². The van der Waals surface area contributed by atoms with Gasteiger partial charge in [0.2, 0.25) is 0 Å². The van der Waals surface area contributed by atoms with Gasteiger partial charge < -0.3 is 9.64 Å². The number of benzene rings is 3. The van der Waals surface area contributed by atoms with Gasteiger partial charge in [0.25, 0.3) is 0 Å². The van der Waals surface area contributed by atoms with Gasteiger partial charge in [0, 0.05) is 12.2 Å². The van der Waals surface area contributed by atoms with Crippen LogP contribution in [0.1, 0.15) is 23.6 Å². The number of urea groups is 1. The molecule has 3 aromatic carbocycles. The fraction of sp³-hybridized carbons (Fsp3) is 0.192. The van der Waals surface area contributed by atoms with E-state index in [1.54, 1.807) is 7.11 Å². The summed E-state index contributed by atoms with van der Waals surface area (Å²) < 4.78 is 5.30. The van der Waals surface area contributed by atoms with Gasteiger partial charge in [-0.25, -0.2) is 4.79 Å². The van der Waals surface area contributed by atoms with Crippen LogP contribution in [0.15, 0.2) is 97.6 Å². The van der Waals surface area contributed by atoms with E-state index in [9.17, 15) is 4.79 Å². The molecule has 4 rings (SSSR count). The molecule has 2 amide bonds. The maximum Gasteiger partial charge on any atom is 0.325 e. The Balaban J connectivity index is 1.78. The number of amides is 2. The van der Waals surface area contributed by atoms with Crippen molar-refractivity contribution in [1.29, 1.82) is 0 Å². The van der Waals surface area contributed by atoms with E-state index in [1.807, 2.05) is 76.5 Å². The van der Waals surface area contributed by atoms with E-state index >= 15 is 0 Å². The second kappa shape index (κ2) is 8.87. The molecule has 0 bridgehead atoms. The van der Waals surface area contributed by atoms with Crippen LogP contribution in [-0.4, -0.2) is 24.1 Å². The van der Waals surface area contributed by atoms with Gasteiger partial charge in [0.05, 0.1) is 19.2 Å². The van der Waals surface area contributed by atoms with E-state index < -0.39 is 0 Å². The molecular weight excluding hydrogens is 372 g/mol. The molecule has 1 fully saturated rings. The summed E-state index contributed by atoms with van der Waals surface area (Å²) in [5.74, 6) is 0.769. The highest BCUT2D eigenvalue weighted by atomic mass is 16.5. The molecule has 4 nitrogen and oxygen atoms in total. The van der Waals surface area contributed by atoms with Gasteiger partial charge in [0.1, 0.15) is 5.75 Å². The monoisotopic (exact) mass is 398 g/mol. The third-order valence-corrected chi connectivity index (χ3v) is 5.59. The minimum Gasteiger partial charge on any atom is -0.497 e. The summed E-state index contributed by atoms with van der Waals surface area (Å²) in [5, 5.41) is 0. The summed E-state index contributed by atoms with van der Waals surface area (Å²) in [6.07, 6.45) is 2.62. The first-order chi connectivity index (χ1) is 14.7. The zero-order valence-electron chi connectivity index (χ0n) is 17.1. The fourth-order valence-electron chi connectivity index (χ4n) is 4.17. The molecule has 0 saturated carbocycles. The number of carbonyl (C=O) groups is 1. The van der Waals surface area contributed by atoms with Crippen LogP contribution < -0.4 is 9.64 Å². The van der Waals surface area contributed by atoms with Crippen LogP contribution in [0.25, 0.3) is 0 Å². The molecule has 1 aliphatic rings. The van der Waals surface area contributed by atoms with Crippen LogP contribution in [0.4, 0.5) is 10.5 Å². The molecule has 3 aromatic rings. The number of ether oxygens (including phenoxy) is 1. The number of anilines is 1. The van der Waals surface area contributed by atoms with Gasteiger partial charge in [-0.1, -0.05) is 66.7 Å². The number of hydrogen-bond acceptors (Lipinski definition) is 2. The van der Waals surface area contributed by atoms with Crippen molar-refractivity contribution in [2.75, 3.05) is 12.0 Å². The Kier molecular flexibility index (Phi) is 5.84. The molecule has 0 spiro atoms. The van der Waals surface area contributed by atoms with Gasteiger partial charge >= 0.3 is 6.03 Å². The van der Waals surface area contributed by atoms with Crippen LogP contribution in [-0.2, 0) is 6.54 Å². The van der Waals surface area contributed by atoms with E-state index in [0.717, 1.165) is 22.6 Å². The molecule has 0 aliphatic carbocycles. The second-order valence-corrected chi connectivity index (χ2v) is 7.41. The van der Waals surface area contributed by atoms with Gasteiger partial charge in [-0.15, -0.1) is 6.58 Å². The molecule has 0 N–H and O–H groups in total. The Morgan fingerprint density at radius 3 is 2.17 bits per heavy atom. The highest BCUT2D eigenvalue weighted by Gasteiger charge is 2.46. The maximum atomic E-state index is 13.7. The maximum absolute atomic E-state index is 13.7. The van der Waals surface area contributed by atoms with Crippen molar-refractivity contribution in [2.24, 2.45) is 0 Å². The first-order valence-corrected chi connectivity index (χ1v) is 10.2. The topological polar surface area (TPSA) is 32.8 Å². The van der Waals surface area contributed by atoms with E-state index in [4.69, 9.17) is 4.74 Å². The van der Waals surface area contributed by atoms with Gasteiger partial charge in [0.15, 0.2) is 0 Å². The summed E-state index contributed by atoms with van der Waals surface area (Å²) in [6.45, 7) is 4.53. The van der Waals surface area contributed by atoms with Crippen LogP contribution >= 0.6 is 0 Å². The molecule has 2 atom stereocenters. The number of nitrogens with zero attached hydrogens (tertiary/aromatic N) is 2. The lowest BCUT2D eigenvalue weighted by molar-refractivity contribution is 0.199. The molecule has 0 aromatic heterocycles. The van der Waals surface area contributed by atoms with Crippen molar-refractivity contribution < 1.29 is 9.53 Å².